The van der Waals surface area contributed by atoms with Crippen molar-refractivity contribution in [3.8, 4) is 0 Å². The van der Waals surface area contributed by atoms with E-state index < -0.39 is 11.9 Å². The molecule has 1 aromatic heterocycles. The number of aliphatic carboxylic acids is 1. The zero-order chi connectivity index (χ0) is 13.2. The Kier molecular flexibility index (Phi) is 2.87. The number of para-hydroxylation sites is 2. The average molecular weight is 255 g/mol. The Bertz CT molecular complexity index is 654. The van der Waals surface area contributed by atoms with Crippen LogP contribution in [-0.4, -0.2) is 27.1 Å². The summed E-state index contributed by atoms with van der Waals surface area (Å²) in [6, 6.07) is 7.63. The van der Waals surface area contributed by atoms with Gasteiger partial charge in [-0.15, -0.1) is 0 Å². The summed E-state index contributed by atoms with van der Waals surface area (Å²) in [5, 5.41) is 12.1. The second kappa shape index (κ2) is 4.68. The van der Waals surface area contributed by atoms with Crippen molar-refractivity contribution >= 4 is 22.8 Å². The second-order valence-electron chi connectivity index (χ2n) is 4.56. The van der Waals surface area contributed by atoms with Gasteiger partial charge >= 0.3 is 5.97 Å². The average Bonchev–Trinajstić information content (AvgIpc) is 2.87. The minimum Gasteiger partial charge on any atom is -0.481 e. The number of hydrogen-bond donors (Lipinski definition) is 2. The summed E-state index contributed by atoms with van der Waals surface area (Å²) in [5.74, 6) is -0.532. The van der Waals surface area contributed by atoms with Crippen molar-refractivity contribution in [1.82, 2.24) is 9.97 Å². The molecule has 0 saturated heterocycles. The molecule has 2 N–H and O–H groups in total. The molecule has 1 aliphatic rings. The first-order valence-corrected chi connectivity index (χ1v) is 6.12. The first-order valence-electron chi connectivity index (χ1n) is 6.12. The van der Waals surface area contributed by atoms with Gasteiger partial charge < -0.3 is 10.4 Å². The topological polar surface area (TPSA) is 75.1 Å². The van der Waals surface area contributed by atoms with Gasteiger partial charge in [-0.25, -0.2) is 4.98 Å². The van der Waals surface area contributed by atoms with Crippen LogP contribution in [0.4, 0.5) is 5.82 Å². The monoisotopic (exact) mass is 255 g/mol. The summed E-state index contributed by atoms with van der Waals surface area (Å²) in [5.41, 5.74) is 1.67. The number of carbonyl (C=O) groups is 1. The van der Waals surface area contributed by atoms with Crippen LogP contribution in [0, 0.1) is 5.92 Å². The number of anilines is 1. The quantitative estimate of drug-likeness (QED) is 0.821. The van der Waals surface area contributed by atoms with Gasteiger partial charge in [0.2, 0.25) is 0 Å². The Morgan fingerprint density at radius 1 is 1.26 bits per heavy atom. The molecule has 1 aromatic carbocycles. The van der Waals surface area contributed by atoms with E-state index >= 15 is 0 Å². The minimum atomic E-state index is -0.787. The largest absolute Gasteiger partial charge is 0.481 e. The maximum Gasteiger partial charge on any atom is 0.310 e. The summed E-state index contributed by atoms with van der Waals surface area (Å²) in [7, 11) is 0. The maximum absolute atomic E-state index is 10.9. The highest BCUT2D eigenvalue weighted by molar-refractivity contribution is 5.75. The van der Waals surface area contributed by atoms with Crippen molar-refractivity contribution in [3.05, 3.63) is 42.6 Å². The lowest BCUT2D eigenvalue weighted by Gasteiger charge is -2.12. The number of fused-ring (bicyclic) bond motifs is 1. The van der Waals surface area contributed by atoms with Gasteiger partial charge in [-0.1, -0.05) is 24.3 Å². The predicted octanol–water partition coefficient (Wildman–Crippen LogP) is 2.07. The molecule has 1 aliphatic carbocycles. The number of hydrogen-bond acceptors (Lipinski definition) is 4. The predicted molar refractivity (Wildman–Crippen MR) is 71.8 cm³/mol. The Labute approximate surface area is 110 Å². The van der Waals surface area contributed by atoms with Crippen molar-refractivity contribution in [3.63, 3.8) is 0 Å². The van der Waals surface area contributed by atoms with Crippen molar-refractivity contribution in [2.24, 2.45) is 5.92 Å². The molecule has 0 radical (unpaired) electrons. The summed E-state index contributed by atoms with van der Waals surface area (Å²) in [4.78, 5) is 19.6. The molecule has 0 fully saturated rings. The first kappa shape index (κ1) is 11.6. The fraction of sp³-hybridized carbons (Fsp3) is 0.214. The Hall–Kier alpha value is -2.43. The molecule has 0 bridgehead atoms. The van der Waals surface area contributed by atoms with Gasteiger partial charge in [0.1, 0.15) is 5.82 Å². The standard InChI is InChI=1S/C14H13N3O2/c18-14(19)9-5-6-10(7-9)16-13-8-15-11-3-1-2-4-12(11)17-13/h1-6,8-10H,7H2,(H,16,17)(H,18,19). The van der Waals surface area contributed by atoms with E-state index in [1.165, 1.54) is 0 Å². The number of rotatable bonds is 3. The molecule has 2 atom stereocenters. The molecule has 0 saturated carbocycles. The van der Waals surface area contributed by atoms with Crippen LogP contribution in [0.25, 0.3) is 11.0 Å². The van der Waals surface area contributed by atoms with Crippen molar-refractivity contribution in [2.75, 3.05) is 5.32 Å². The highest BCUT2D eigenvalue weighted by atomic mass is 16.4. The Balaban J connectivity index is 1.76. The van der Waals surface area contributed by atoms with Gasteiger partial charge in [0, 0.05) is 6.04 Å². The van der Waals surface area contributed by atoms with E-state index in [9.17, 15) is 4.79 Å². The molecule has 0 aliphatic heterocycles. The minimum absolute atomic E-state index is 0.00318. The van der Waals surface area contributed by atoms with Crippen LogP contribution in [0.3, 0.4) is 0 Å². The molecule has 2 unspecified atom stereocenters. The third-order valence-corrected chi connectivity index (χ3v) is 3.18. The van der Waals surface area contributed by atoms with Gasteiger partial charge in [0.25, 0.3) is 0 Å². The van der Waals surface area contributed by atoms with Gasteiger partial charge in [0.15, 0.2) is 0 Å². The summed E-state index contributed by atoms with van der Waals surface area (Å²) in [6.07, 6.45) is 5.80. The SMILES string of the molecule is O=C(O)C1C=CC(Nc2cnc3ccccc3n2)C1. The van der Waals surface area contributed by atoms with Crippen LogP contribution in [0.15, 0.2) is 42.6 Å². The van der Waals surface area contributed by atoms with Crippen LogP contribution in [0.2, 0.25) is 0 Å². The highest BCUT2D eigenvalue weighted by Gasteiger charge is 2.24. The second-order valence-corrected chi connectivity index (χ2v) is 4.56. The van der Waals surface area contributed by atoms with Crippen LogP contribution in [-0.2, 0) is 4.79 Å². The Morgan fingerprint density at radius 2 is 2.05 bits per heavy atom. The van der Waals surface area contributed by atoms with Crippen molar-refractivity contribution < 1.29 is 9.90 Å². The molecule has 1 heterocycles. The number of carboxylic acid groups (broad SMARTS) is 1. The lowest BCUT2D eigenvalue weighted by atomic mass is 10.1. The van der Waals surface area contributed by atoms with Crippen LogP contribution in [0.5, 0.6) is 0 Å². The van der Waals surface area contributed by atoms with Gasteiger partial charge in [-0.2, -0.15) is 0 Å². The number of nitrogens with one attached hydrogen (secondary N) is 1. The smallest absolute Gasteiger partial charge is 0.310 e. The molecule has 19 heavy (non-hydrogen) atoms. The van der Waals surface area contributed by atoms with E-state index in [-0.39, 0.29) is 6.04 Å². The zero-order valence-corrected chi connectivity index (χ0v) is 10.2. The van der Waals surface area contributed by atoms with E-state index in [1.54, 1.807) is 12.3 Å². The lowest BCUT2D eigenvalue weighted by molar-refractivity contribution is -0.140. The normalized spacial score (nSPS) is 21.7. The summed E-state index contributed by atoms with van der Waals surface area (Å²) < 4.78 is 0. The molecular formula is C14H13N3O2. The third-order valence-electron chi connectivity index (χ3n) is 3.18. The van der Waals surface area contributed by atoms with Gasteiger partial charge in [-0.3, -0.25) is 9.78 Å². The fourth-order valence-corrected chi connectivity index (χ4v) is 2.21. The van der Waals surface area contributed by atoms with Crippen LogP contribution < -0.4 is 5.32 Å². The van der Waals surface area contributed by atoms with Crippen LogP contribution >= 0.6 is 0 Å². The molecule has 5 heteroatoms. The Morgan fingerprint density at radius 3 is 2.79 bits per heavy atom. The van der Waals surface area contributed by atoms with Gasteiger partial charge in [-0.05, 0) is 18.6 Å². The van der Waals surface area contributed by atoms with Crippen molar-refractivity contribution in [1.29, 1.82) is 0 Å². The third kappa shape index (κ3) is 2.40. The molecule has 96 valence electrons. The van der Waals surface area contributed by atoms with E-state index in [0.29, 0.717) is 12.2 Å². The molecule has 0 amide bonds. The lowest BCUT2D eigenvalue weighted by Crippen LogP contribution is -2.19. The summed E-state index contributed by atoms with van der Waals surface area (Å²) in [6.45, 7) is 0. The molecule has 3 rings (SSSR count). The zero-order valence-electron chi connectivity index (χ0n) is 10.2. The van der Waals surface area contributed by atoms with Gasteiger partial charge in [0.05, 0.1) is 23.1 Å². The van der Waals surface area contributed by atoms with Crippen LogP contribution in [0.1, 0.15) is 6.42 Å². The molecule has 5 nitrogen and oxygen atoms in total. The number of benzene rings is 1. The van der Waals surface area contributed by atoms with E-state index in [0.717, 1.165) is 11.0 Å². The number of nitrogens with zero attached hydrogens (tertiary/aromatic N) is 2. The molecular weight excluding hydrogens is 242 g/mol. The van der Waals surface area contributed by atoms with E-state index in [2.05, 4.69) is 15.3 Å². The summed E-state index contributed by atoms with van der Waals surface area (Å²) >= 11 is 0. The number of aromatic nitrogens is 2. The van der Waals surface area contributed by atoms with Crippen molar-refractivity contribution in [2.45, 2.75) is 12.5 Å². The first-order chi connectivity index (χ1) is 9.22. The highest BCUT2D eigenvalue weighted by Crippen LogP contribution is 2.21. The molecule has 2 aromatic rings. The van der Waals surface area contributed by atoms with E-state index in [4.69, 9.17) is 5.11 Å². The van der Waals surface area contributed by atoms with E-state index in [1.807, 2.05) is 30.3 Å². The molecule has 0 spiro atoms. The fourth-order valence-electron chi connectivity index (χ4n) is 2.21. The number of carboxylic acids is 1. The maximum atomic E-state index is 10.9.